The highest BCUT2D eigenvalue weighted by Gasteiger charge is 2.61. The molecule has 24 heavy (non-hydrogen) atoms. The summed E-state index contributed by atoms with van der Waals surface area (Å²) in [5.41, 5.74) is -3.41. The van der Waals surface area contributed by atoms with Gasteiger partial charge in [-0.25, -0.2) is 4.79 Å². The van der Waals surface area contributed by atoms with Gasteiger partial charge in [0.05, 0.1) is 0 Å². The highest BCUT2D eigenvalue weighted by molar-refractivity contribution is 9.10. The van der Waals surface area contributed by atoms with Gasteiger partial charge in [0.15, 0.2) is 6.61 Å². The molecule has 2 N–H and O–H groups in total. The van der Waals surface area contributed by atoms with Crippen molar-refractivity contribution in [3.8, 4) is 16.9 Å². The lowest BCUT2D eigenvalue weighted by molar-refractivity contribution is -0.246. The molecule has 0 heterocycles. The van der Waals surface area contributed by atoms with Crippen LogP contribution >= 0.6 is 15.9 Å². The third kappa shape index (κ3) is 2.37. The molecule has 2 aromatic rings. The summed E-state index contributed by atoms with van der Waals surface area (Å²) in [4.78, 5) is 10.6. The van der Waals surface area contributed by atoms with E-state index >= 15 is 0 Å². The number of aliphatic hydroxyl groups is 1. The van der Waals surface area contributed by atoms with Crippen LogP contribution in [0.25, 0.3) is 11.1 Å². The molecule has 0 saturated carbocycles. The minimum Gasteiger partial charge on any atom is -0.482 e. The van der Waals surface area contributed by atoms with Gasteiger partial charge in [-0.1, -0.05) is 40.2 Å². The molecule has 1 unspecified atom stereocenters. The molecule has 2 aromatic carbocycles. The summed E-state index contributed by atoms with van der Waals surface area (Å²) in [7, 11) is 0. The Bertz CT molecular complexity index is 835. The molecule has 3 rings (SSSR count). The maximum atomic E-state index is 13.7. The zero-order valence-electron chi connectivity index (χ0n) is 11.9. The predicted molar refractivity (Wildman–Crippen MR) is 81.8 cm³/mol. The number of benzene rings is 2. The van der Waals surface area contributed by atoms with Gasteiger partial charge in [0, 0.05) is 21.2 Å². The minimum absolute atomic E-state index is 0.0847. The van der Waals surface area contributed by atoms with Gasteiger partial charge >= 0.3 is 12.1 Å². The van der Waals surface area contributed by atoms with Crippen LogP contribution in [-0.2, 0) is 10.4 Å². The van der Waals surface area contributed by atoms with E-state index in [0.29, 0.717) is 0 Å². The van der Waals surface area contributed by atoms with Crippen molar-refractivity contribution in [1.82, 2.24) is 0 Å². The van der Waals surface area contributed by atoms with Crippen LogP contribution in [0.1, 0.15) is 11.1 Å². The maximum Gasteiger partial charge on any atom is 0.425 e. The lowest BCUT2D eigenvalue weighted by atomic mass is 9.90. The van der Waals surface area contributed by atoms with Gasteiger partial charge in [-0.3, -0.25) is 0 Å². The first-order valence-corrected chi connectivity index (χ1v) is 7.53. The number of carboxylic acids is 1. The van der Waals surface area contributed by atoms with Crippen molar-refractivity contribution in [2.24, 2.45) is 0 Å². The van der Waals surface area contributed by atoms with Crippen LogP contribution in [0.15, 0.2) is 40.9 Å². The molecule has 0 aromatic heterocycles. The number of aliphatic carboxylic acids is 1. The van der Waals surface area contributed by atoms with Crippen LogP contribution in [0.3, 0.4) is 0 Å². The quantitative estimate of drug-likeness (QED) is 0.821. The van der Waals surface area contributed by atoms with Crippen molar-refractivity contribution in [3.05, 3.63) is 52.0 Å². The summed E-state index contributed by atoms with van der Waals surface area (Å²) in [5.74, 6) is -1.35. The van der Waals surface area contributed by atoms with Crippen LogP contribution < -0.4 is 4.74 Å². The fraction of sp³-hybridized carbons (Fsp3) is 0.188. The zero-order valence-corrected chi connectivity index (χ0v) is 13.5. The average molecular weight is 403 g/mol. The van der Waals surface area contributed by atoms with E-state index in [1.165, 1.54) is 24.3 Å². The largest absolute Gasteiger partial charge is 0.482 e. The smallest absolute Gasteiger partial charge is 0.425 e. The maximum absolute atomic E-state index is 13.7. The van der Waals surface area contributed by atoms with E-state index in [1.807, 2.05) is 0 Å². The monoisotopic (exact) mass is 402 g/mol. The Morgan fingerprint density at radius 2 is 1.88 bits per heavy atom. The highest BCUT2D eigenvalue weighted by Crippen LogP contribution is 2.57. The molecular weight excluding hydrogens is 393 g/mol. The molecule has 0 aliphatic heterocycles. The van der Waals surface area contributed by atoms with E-state index in [-0.39, 0.29) is 26.9 Å². The van der Waals surface area contributed by atoms with Gasteiger partial charge in [-0.2, -0.15) is 13.2 Å². The molecule has 0 radical (unpaired) electrons. The standard InChI is InChI=1S/C16H10BrF3O4/c17-12-6-8(24-7-13(21)22)5-11-14(12)9-3-1-2-4-10(9)15(11,23)16(18,19)20/h1-6,23H,7H2,(H,21,22). The second-order valence-electron chi connectivity index (χ2n) is 5.26. The molecule has 1 atom stereocenters. The fourth-order valence-corrected chi connectivity index (χ4v) is 3.49. The summed E-state index contributed by atoms with van der Waals surface area (Å²) in [5, 5.41) is 19.2. The Balaban J connectivity index is 2.25. The molecule has 1 aliphatic rings. The Hall–Kier alpha value is -2.06. The van der Waals surface area contributed by atoms with Gasteiger partial charge < -0.3 is 14.9 Å². The van der Waals surface area contributed by atoms with Crippen LogP contribution in [0.2, 0.25) is 0 Å². The van der Waals surface area contributed by atoms with Gasteiger partial charge in [0.2, 0.25) is 5.60 Å². The Morgan fingerprint density at radius 1 is 1.21 bits per heavy atom. The van der Waals surface area contributed by atoms with Crippen LogP contribution in [0.5, 0.6) is 5.75 Å². The summed E-state index contributed by atoms with van der Waals surface area (Å²) in [6.45, 7) is -0.706. The van der Waals surface area contributed by atoms with Crippen molar-refractivity contribution in [1.29, 1.82) is 0 Å². The number of ether oxygens (including phenoxy) is 1. The first-order chi connectivity index (χ1) is 11.2. The van der Waals surface area contributed by atoms with Gasteiger partial charge in [0.1, 0.15) is 5.75 Å². The third-order valence-corrected chi connectivity index (χ3v) is 4.44. The highest BCUT2D eigenvalue weighted by atomic mass is 79.9. The van der Waals surface area contributed by atoms with E-state index in [4.69, 9.17) is 9.84 Å². The van der Waals surface area contributed by atoms with E-state index in [1.54, 1.807) is 6.07 Å². The second kappa shape index (κ2) is 5.49. The van der Waals surface area contributed by atoms with E-state index in [2.05, 4.69) is 15.9 Å². The van der Waals surface area contributed by atoms with E-state index in [0.717, 1.165) is 6.07 Å². The van der Waals surface area contributed by atoms with Crippen LogP contribution in [0.4, 0.5) is 13.2 Å². The van der Waals surface area contributed by atoms with Gasteiger partial charge in [-0.15, -0.1) is 0 Å². The number of rotatable bonds is 3. The molecular formula is C16H10BrF3O4. The summed E-state index contributed by atoms with van der Waals surface area (Å²) in [6.07, 6.45) is -4.96. The van der Waals surface area contributed by atoms with Crippen molar-refractivity contribution in [2.45, 2.75) is 11.8 Å². The number of hydrogen-bond donors (Lipinski definition) is 2. The molecule has 8 heteroatoms. The number of hydrogen-bond acceptors (Lipinski definition) is 3. The molecule has 1 aliphatic carbocycles. The predicted octanol–water partition coefficient (Wildman–Crippen LogP) is 3.69. The third-order valence-electron chi connectivity index (χ3n) is 3.81. The lowest BCUT2D eigenvalue weighted by Gasteiger charge is -2.28. The zero-order chi connectivity index (χ0) is 17.7. The summed E-state index contributed by atoms with van der Waals surface area (Å²) >= 11 is 3.19. The average Bonchev–Trinajstić information content (AvgIpc) is 2.76. The first kappa shape index (κ1) is 16.8. The lowest BCUT2D eigenvalue weighted by Crippen LogP contribution is -2.41. The summed E-state index contributed by atoms with van der Waals surface area (Å²) in [6, 6.07) is 8.09. The van der Waals surface area contributed by atoms with Crippen molar-refractivity contribution in [3.63, 3.8) is 0 Å². The number of fused-ring (bicyclic) bond motifs is 3. The molecule has 126 valence electrons. The molecule has 0 fully saturated rings. The molecule has 0 amide bonds. The fourth-order valence-electron chi connectivity index (χ4n) is 2.84. The Labute approximate surface area is 142 Å². The van der Waals surface area contributed by atoms with Crippen molar-refractivity contribution >= 4 is 21.9 Å². The molecule has 0 saturated heterocycles. The summed E-state index contributed by atoms with van der Waals surface area (Å²) < 4.78 is 46.3. The molecule has 0 bridgehead atoms. The second-order valence-corrected chi connectivity index (χ2v) is 6.12. The Morgan fingerprint density at radius 3 is 2.50 bits per heavy atom. The number of halogens is 4. The van der Waals surface area contributed by atoms with Crippen molar-refractivity contribution in [2.75, 3.05) is 6.61 Å². The molecule has 4 nitrogen and oxygen atoms in total. The normalized spacial score (nSPS) is 18.9. The number of alkyl halides is 3. The Kier molecular flexibility index (Phi) is 3.84. The van der Waals surface area contributed by atoms with E-state index < -0.39 is 29.9 Å². The van der Waals surface area contributed by atoms with Gasteiger partial charge in [-0.05, 0) is 17.7 Å². The van der Waals surface area contributed by atoms with Crippen LogP contribution in [0, 0.1) is 0 Å². The minimum atomic E-state index is -4.96. The van der Waals surface area contributed by atoms with E-state index in [9.17, 15) is 23.1 Å². The van der Waals surface area contributed by atoms with Crippen molar-refractivity contribution < 1.29 is 32.9 Å². The van der Waals surface area contributed by atoms with Crippen LogP contribution in [-0.4, -0.2) is 29.0 Å². The number of carboxylic acid groups (broad SMARTS) is 1. The molecule has 0 spiro atoms. The number of carbonyl (C=O) groups is 1. The first-order valence-electron chi connectivity index (χ1n) is 6.74. The van der Waals surface area contributed by atoms with Gasteiger partial charge in [0.25, 0.3) is 0 Å². The topological polar surface area (TPSA) is 66.8 Å². The SMILES string of the molecule is O=C(O)COc1cc(Br)c2c(c1)C(O)(C(F)(F)F)c1ccccc1-2.